The number of carbonyl (C=O) groups excluding carboxylic acids is 1. The summed E-state index contributed by atoms with van der Waals surface area (Å²) in [6, 6.07) is 5.71. The molecule has 6 heteroatoms. The molecule has 19 heavy (non-hydrogen) atoms. The smallest absolute Gasteiger partial charge is 0.297 e. The Hall–Kier alpha value is -2.24. The van der Waals surface area contributed by atoms with Crippen LogP contribution in [0.25, 0.3) is 0 Å². The first-order valence-corrected chi connectivity index (χ1v) is 6.11. The van der Waals surface area contributed by atoms with Crippen LogP contribution < -0.4 is 4.90 Å². The highest BCUT2D eigenvalue weighted by Crippen LogP contribution is 2.37. The molecule has 1 N–H and O–H groups in total. The number of H-pyrrole nitrogens is 1. The van der Waals surface area contributed by atoms with E-state index in [0.717, 1.165) is 18.7 Å². The SMILES string of the molecule is CN(C(=O)c1n[nH]c(C2CC2)n1)c1ccc(F)cc1. The quantitative estimate of drug-likeness (QED) is 0.919. The number of aromatic amines is 1. The van der Waals surface area contributed by atoms with Crippen LogP contribution in [0.1, 0.15) is 35.2 Å². The van der Waals surface area contributed by atoms with Crippen molar-refractivity contribution in [2.45, 2.75) is 18.8 Å². The molecule has 98 valence electrons. The van der Waals surface area contributed by atoms with Crippen molar-refractivity contribution in [3.63, 3.8) is 0 Å². The van der Waals surface area contributed by atoms with E-state index < -0.39 is 0 Å². The summed E-state index contributed by atoms with van der Waals surface area (Å²) in [5, 5.41) is 6.74. The molecule has 0 radical (unpaired) electrons. The van der Waals surface area contributed by atoms with Gasteiger partial charge in [-0.25, -0.2) is 9.37 Å². The Balaban J connectivity index is 1.79. The van der Waals surface area contributed by atoms with Crippen LogP contribution in [0, 0.1) is 5.82 Å². The number of hydrogen-bond donors (Lipinski definition) is 1. The lowest BCUT2D eigenvalue weighted by molar-refractivity contribution is 0.0983. The van der Waals surface area contributed by atoms with Gasteiger partial charge in [-0.3, -0.25) is 9.89 Å². The van der Waals surface area contributed by atoms with Crippen molar-refractivity contribution in [1.82, 2.24) is 15.2 Å². The third-order valence-corrected chi connectivity index (χ3v) is 3.18. The molecule has 1 aromatic heterocycles. The predicted octanol–water partition coefficient (Wildman–Crippen LogP) is 2.10. The van der Waals surface area contributed by atoms with Crippen molar-refractivity contribution in [2.24, 2.45) is 0 Å². The highest BCUT2D eigenvalue weighted by Gasteiger charge is 2.28. The summed E-state index contributed by atoms with van der Waals surface area (Å²) in [5.41, 5.74) is 0.601. The van der Waals surface area contributed by atoms with Crippen molar-refractivity contribution in [1.29, 1.82) is 0 Å². The lowest BCUT2D eigenvalue weighted by Gasteiger charge is -2.14. The van der Waals surface area contributed by atoms with Gasteiger partial charge in [0, 0.05) is 18.7 Å². The zero-order chi connectivity index (χ0) is 13.4. The third-order valence-electron chi connectivity index (χ3n) is 3.18. The lowest BCUT2D eigenvalue weighted by atomic mass is 10.3. The van der Waals surface area contributed by atoms with Crippen molar-refractivity contribution in [2.75, 3.05) is 11.9 Å². The monoisotopic (exact) mass is 260 g/mol. The van der Waals surface area contributed by atoms with Gasteiger partial charge in [-0.05, 0) is 37.1 Å². The summed E-state index contributed by atoms with van der Waals surface area (Å²) in [6.07, 6.45) is 2.19. The maximum atomic E-state index is 12.8. The van der Waals surface area contributed by atoms with E-state index in [1.807, 2.05) is 0 Å². The number of halogens is 1. The van der Waals surface area contributed by atoms with E-state index >= 15 is 0 Å². The average molecular weight is 260 g/mol. The van der Waals surface area contributed by atoms with Gasteiger partial charge in [0.25, 0.3) is 5.91 Å². The van der Waals surface area contributed by atoms with E-state index in [4.69, 9.17) is 0 Å². The van der Waals surface area contributed by atoms with Crippen LogP contribution in [0.4, 0.5) is 10.1 Å². The molecule has 0 bridgehead atoms. The van der Waals surface area contributed by atoms with Crippen molar-refractivity contribution >= 4 is 11.6 Å². The molecule has 0 unspecified atom stereocenters. The molecule has 1 aliphatic carbocycles. The second kappa shape index (κ2) is 4.46. The zero-order valence-electron chi connectivity index (χ0n) is 10.4. The van der Waals surface area contributed by atoms with E-state index in [0.29, 0.717) is 11.6 Å². The fourth-order valence-corrected chi connectivity index (χ4v) is 1.84. The van der Waals surface area contributed by atoms with Gasteiger partial charge < -0.3 is 4.90 Å². The number of nitrogens with zero attached hydrogens (tertiary/aromatic N) is 3. The first-order valence-electron chi connectivity index (χ1n) is 6.11. The summed E-state index contributed by atoms with van der Waals surface area (Å²) in [6.45, 7) is 0. The largest absolute Gasteiger partial charge is 0.309 e. The van der Waals surface area contributed by atoms with Gasteiger partial charge >= 0.3 is 0 Å². The molecule has 1 amide bonds. The molecule has 3 rings (SSSR count). The number of amides is 1. The van der Waals surface area contributed by atoms with E-state index in [1.165, 1.54) is 17.0 Å². The Bertz CT molecular complexity index is 603. The van der Waals surface area contributed by atoms with Crippen LogP contribution in [0.5, 0.6) is 0 Å². The minimum absolute atomic E-state index is 0.147. The number of rotatable bonds is 3. The van der Waals surface area contributed by atoms with Crippen molar-refractivity contribution in [3.05, 3.63) is 41.7 Å². The molecule has 0 saturated heterocycles. The van der Waals surface area contributed by atoms with Crippen LogP contribution >= 0.6 is 0 Å². The maximum absolute atomic E-state index is 12.8. The van der Waals surface area contributed by atoms with E-state index in [-0.39, 0.29) is 17.5 Å². The number of aromatic nitrogens is 3. The van der Waals surface area contributed by atoms with Gasteiger partial charge in [-0.1, -0.05) is 0 Å². The van der Waals surface area contributed by atoms with Gasteiger partial charge in [0.05, 0.1) is 0 Å². The topological polar surface area (TPSA) is 61.9 Å². The molecule has 1 saturated carbocycles. The van der Waals surface area contributed by atoms with E-state index in [2.05, 4.69) is 15.2 Å². The summed E-state index contributed by atoms with van der Waals surface area (Å²) < 4.78 is 12.8. The molecule has 1 fully saturated rings. The first kappa shape index (κ1) is 11.8. The average Bonchev–Trinajstić information content (AvgIpc) is 3.16. The van der Waals surface area contributed by atoms with Crippen molar-refractivity contribution < 1.29 is 9.18 Å². The van der Waals surface area contributed by atoms with E-state index in [9.17, 15) is 9.18 Å². The molecule has 1 heterocycles. The number of benzene rings is 1. The minimum Gasteiger partial charge on any atom is -0.309 e. The van der Waals surface area contributed by atoms with Crippen LogP contribution in [0.2, 0.25) is 0 Å². The second-order valence-electron chi connectivity index (χ2n) is 4.66. The summed E-state index contributed by atoms with van der Waals surface area (Å²) in [7, 11) is 1.61. The Morgan fingerprint density at radius 1 is 1.37 bits per heavy atom. The van der Waals surface area contributed by atoms with Gasteiger partial charge in [0.15, 0.2) is 0 Å². The van der Waals surface area contributed by atoms with Crippen LogP contribution in [0.3, 0.4) is 0 Å². The molecule has 1 aliphatic rings. The fraction of sp³-hybridized carbons (Fsp3) is 0.308. The minimum atomic E-state index is -0.335. The molecule has 0 atom stereocenters. The summed E-state index contributed by atoms with van der Waals surface area (Å²) in [4.78, 5) is 17.8. The Morgan fingerprint density at radius 3 is 2.68 bits per heavy atom. The van der Waals surface area contributed by atoms with Crippen LogP contribution in [-0.4, -0.2) is 28.1 Å². The summed E-state index contributed by atoms with van der Waals surface area (Å²) >= 11 is 0. The van der Waals surface area contributed by atoms with Crippen LogP contribution in [-0.2, 0) is 0 Å². The standard InChI is InChI=1S/C13H13FN4O/c1-18(10-6-4-9(14)5-7-10)13(19)12-15-11(16-17-12)8-2-3-8/h4-8H,2-3H2,1H3,(H,15,16,17). The molecule has 5 nitrogen and oxygen atoms in total. The Labute approximate surface area is 109 Å². The predicted molar refractivity (Wildman–Crippen MR) is 67.5 cm³/mol. The van der Waals surface area contributed by atoms with Gasteiger partial charge in [0.1, 0.15) is 11.6 Å². The molecular formula is C13H13FN4O. The number of hydrogen-bond acceptors (Lipinski definition) is 3. The van der Waals surface area contributed by atoms with E-state index in [1.54, 1.807) is 19.2 Å². The van der Waals surface area contributed by atoms with Crippen LogP contribution in [0.15, 0.2) is 24.3 Å². The fourth-order valence-electron chi connectivity index (χ4n) is 1.84. The highest BCUT2D eigenvalue weighted by atomic mass is 19.1. The van der Waals surface area contributed by atoms with Gasteiger partial charge in [0.2, 0.25) is 5.82 Å². The molecular weight excluding hydrogens is 247 g/mol. The number of carbonyl (C=O) groups is 1. The summed E-state index contributed by atoms with van der Waals surface area (Å²) in [5.74, 6) is 0.697. The lowest BCUT2D eigenvalue weighted by Crippen LogP contribution is -2.27. The van der Waals surface area contributed by atoms with Gasteiger partial charge in [-0.2, -0.15) is 0 Å². The highest BCUT2D eigenvalue weighted by molar-refractivity contribution is 6.03. The maximum Gasteiger partial charge on any atom is 0.297 e. The number of nitrogens with one attached hydrogen (secondary N) is 1. The first-order chi connectivity index (χ1) is 9.15. The molecule has 2 aromatic rings. The number of anilines is 1. The van der Waals surface area contributed by atoms with Crippen molar-refractivity contribution in [3.8, 4) is 0 Å². The zero-order valence-corrected chi connectivity index (χ0v) is 10.4. The third kappa shape index (κ3) is 2.33. The Morgan fingerprint density at radius 2 is 2.05 bits per heavy atom. The molecule has 0 aliphatic heterocycles. The molecule has 0 spiro atoms. The Kier molecular flexibility index (Phi) is 2.77. The van der Waals surface area contributed by atoms with Gasteiger partial charge in [-0.15, -0.1) is 5.10 Å². The molecule has 1 aromatic carbocycles. The normalized spacial score (nSPS) is 14.4. The second-order valence-corrected chi connectivity index (χ2v) is 4.66.